The van der Waals surface area contributed by atoms with Crippen LogP contribution in [0.4, 0.5) is 26.3 Å². The second-order valence-electron chi connectivity index (χ2n) is 5.02. The van der Waals surface area contributed by atoms with Crippen molar-refractivity contribution in [2.75, 3.05) is 19.6 Å². The highest BCUT2D eigenvalue weighted by atomic mass is 19.4. The van der Waals surface area contributed by atoms with Gasteiger partial charge in [-0.1, -0.05) is 6.92 Å². The Labute approximate surface area is 141 Å². The van der Waals surface area contributed by atoms with Crippen LogP contribution in [-0.2, 0) is 23.6 Å². The van der Waals surface area contributed by atoms with Gasteiger partial charge in [-0.3, -0.25) is 4.79 Å². The number of carbonyl (C=O) groups excluding carboxylic acids is 1. The van der Waals surface area contributed by atoms with E-state index >= 15 is 0 Å². The Morgan fingerprint density at radius 2 is 1.40 bits per heavy atom. The summed E-state index contributed by atoms with van der Waals surface area (Å²) in [4.78, 5) is 11.4. The summed E-state index contributed by atoms with van der Waals surface area (Å²) in [6, 6.07) is 1.07. The van der Waals surface area contributed by atoms with Crippen LogP contribution in [-0.4, -0.2) is 25.5 Å². The van der Waals surface area contributed by atoms with Gasteiger partial charge in [-0.25, -0.2) is 0 Å². The molecule has 144 valence electrons. The molecule has 1 amide bonds. The van der Waals surface area contributed by atoms with Crippen LogP contribution in [0.1, 0.15) is 30.0 Å². The average molecular weight is 373 g/mol. The number of rotatable bonds is 5. The molecule has 4 nitrogen and oxygen atoms in total. The molecule has 1 aromatic rings. The SMILES string of the molecule is CCCN.NCCNC(=O)Cc1cc(C(F)(F)F)cc(C(F)(F)F)c1. The van der Waals surface area contributed by atoms with E-state index in [4.69, 9.17) is 11.5 Å². The molecule has 0 unspecified atom stereocenters. The Balaban J connectivity index is 0.00000129. The topological polar surface area (TPSA) is 81.1 Å². The minimum absolute atomic E-state index is 0.0152. The van der Waals surface area contributed by atoms with E-state index in [1.165, 1.54) is 0 Å². The van der Waals surface area contributed by atoms with Crippen LogP contribution in [0.25, 0.3) is 0 Å². The predicted molar refractivity (Wildman–Crippen MR) is 81.6 cm³/mol. The van der Waals surface area contributed by atoms with Gasteiger partial charge in [0.25, 0.3) is 0 Å². The Morgan fingerprint density at radius 3 is 1.72 bits per heavy atom. The van der Waals surface area contributed by atoms with E-state index in [-0.39, 0.29) is 24.7 Å². The quantitative estimate of drug-likeness (QED) is 0.694. The van der Waals surface area contributed by atoms with Crippen molar-refractivity contribution in [3.05, 3.63) is 34.9 Å². The van der Waals surface area contributed by atoms with Gasteiger partial charge in [0.1, 0.15) is 0 Å². The van der Waals surface area contributed by atoms with Gasteiger partial charge in [-0.2, -0.15) is 26.3 Å². The molecule has 1 aromatic carbocycles. The first-order valence-corrected chi connectivity index (χ1v) is 7.40. The molecule has 0 radical (unpaired) electrons. The van der Waals surface area contributed by atoms with E-state index in [1.807, 2.05) is 0 Å². The second-order valence-corrected chi connectivity index (χ2v) is 5.02. The summed E-state index contributed by atoms with van der Waals surface area (Å²) in [5.74, 6) is -0.701. The Morgan fingerprint density at radius 1 is 0.960 bits per heavy atom. The lowest BCUT2D eigenvalue weighted by molar-refractivity contribution is -0.143. The molecular formula is C15H21F6N3O. The minimum Gasteiger partial charge on any atom is -0.355 e. The number of carbonyl (C=O) groups is 1. The first-order chi connectivity index (χ1) is 11.5. The highest BCUT2D eigenvalue weighted by Gasteiger charge is 2.36. The molecule has 0 aromatic heterocycles. The molecule has 0 saturated carbocycles. The number of hydrogen-bond acceptors (Lipinski definition) is 3. The first kappa shape index (κ1) is 23.2. The lowest BCUT2D eigenvalue weighted by Crippen LogP contribution is -2.30. The molecule has 0 aliphatic carbocycles. The minimum atomic E-state index is -4.93. The predicted octanol–water partition coefficient (Wildman–Crippen LogP) is 2.70. The summed E-state index contributed by atoms with van der Waals surface area (Å²) < 4.78 is 75.6. The molecule has 1 rings (SSSR count). The Hall–Kier alpha value is -1.81. The van der Waals surface area contributed by atoms with E-state index in [0.29, 0.717) is 12.1 Å². The summed E-state index contributed by atoms with van der Waals surface area (Å²) in [7, 11) is 0. The van der Waals surface area contributed by atoms with E-state index in [0.717, 1.165) is 13.0 Å². The number of halogens is 6. The fraction of sp³-hybridized carbons (Fsp3) is 0.533. The summed E-state index contributed by atoms with van der Waals surface area (Å²) in [6.07, 6.45) is -9.35. The van der Waals surface area contributed by atoms with Gasteiger partial charge in [0, 0.05) is 13.1 Å². The van der Waals surface area contributed by atoms with Crippen molar-refractivity contribution in [1.82, 2.24) is 5.32 Å². The van der Waals surface area contributed by atoms with Crippen molar-refractivity contribution in [2.24, 2.45) is 11.5 Å². The van der Waals surface area contributed by atoms with Gasteiger partial charge in [-0.15, -0.1) is 0 Å². The van der Waals surface area contributed by atoms with Crippen LogP contribution in [0.3, 0.4) is 0 Å². The van der Waals surface area contributed by atoms with E-state index in [1.54, 1.807) is 0 Å². The second kappa shape index (κ2) is 10.2. The van der Waals surface area contributed by atoms with Crippen LogP contribution in [0, 0.1) is 0 Å². The smallest absolute Gasteiger partial charge is 0.355 e. The molecule has 25 heavy (non-hydrogen) atoms. The Kier molecular flexibility index (Phi) is 9.50. The third kappa shape index (κ3) is 9.30. The van der Waals surface area contributed by atoms with Gasteiger partial charge in [0.15, 0.2) is 0 Å². The molecule has 10 heteroatoms. The van der Waals surface area contributed by atoms with Crippen LogP contribution in [0.5, 0.6) is 0 Å². The summed E-state index contributed by atoms with van der Waals surface area (Å²) in [5.41, 5.74) is 6.89. The highest BCUT2D eigenvalue weighted by molar-refractivity contribution is 5.78. The molecule has 0 heterocycles. The summed E-state index contributed by atoms with van der Waals surface area (Å²) in [6.45, 7) is 3.08. The van der Waals surface area contributed by atoms with Crippen LogP contribution in [0.2, 0.25) is 0 Å². The fourth-order valence-electron chi connectivity index (χ4n) is 1.58. The van der Waals surface area contributed by atoms with Crippen molar-refractivity contribution in [3.63, 3.8) is 0 Å². The molecule has 0 saturated heterocycles. The van der Waals surface area contributed by atoms with Crippen molar-refractivity contribution < 1.29 is 31.1 Å². The lowest BCUT2D eigenvalue weighted by atomic mass is 10.0. The monoisotopic (exact) mass is 373 g/mol. The summed E-state index contributed by atoms with van der Waals surface area (Å²) >= 11 is 0. The molecule has 0 aliphatic heterocycles. The number of hydrogen-bond donors (Lipinski definition) is 3. The number of benzene rings is 1. The third-order valence-electron chi connectivity index (χ3n) is 2.77. The molecular weight excluding hydrogens is 352 g/mol. The maximum atomic E-state index is 12.6. The number of alkyl halides is 6. The summed E-state index contributed by atoms with van der Waals surface area (Å²) in [5, 5.41) is 2.27. The highest BCUT2D eigenvalue weighted by Crippen LogP contribution is 2.36. The molecule has 0 atom stereocenters. The maximum Gasteiger partial charge on any atom is 0.416 e. The Bertz CT molecular complexity index is 509. The average Bonchev–Trinajstić information content (AvgIpc) is 2.51. The maximum absolute atomic E-state index is 12.6. The number of amides is 1. The van der Waals surface area contributed by atoms with Gasteiger partial charge in [0.2, 0.25) is 5.91 Å². The number of nitrogens with two attached hydrogens (primary N) is 2. The van der Waals surface area contributed by atoms with Gasteiger partial charge in [-0.05, 0) is 36.7 Å². The molecule has 0 fully saturated rings. The van der Waals surface area contributed by atoms with Crippen molar-refractivity contribution >= 4 is 5.91 Å². The van der Waals surface area contributed by atoms with Crippen LogP contribution < -0.4 is 16.8 Å². The molecule has 5 N–H and O–H groups in total. The van der Waals surface area contributed by atoms with Crippen molar-refractivity contribution in [2.45, 2.75) is 32.1 Å². The van der Waals surface area contributed by atoms with Gasteiger partial charge < -0.3 is 16.8 Å². The van der Waals surface area contributed by atoms with Crippen LogP contribution in [0.15, 0.2) is 18.2 Å². The van der Waals surface area contributed by atoms with Gasteiger partial charge >= 0.3 is 12.4 Å². The zero-order chi connectivity index (χ0) is 19.7. The molecule has 0 spiro atoms. The van der Waals surface area contributed by atoms with E-state index in [9.17, 15) is 31.1 Å². The fourth-order valence-corrected chi connectivity index (χ4v) is 1.58. The van der Waals surface area contributed by atoms with Gasteiger partial charge in [0.05, 0.1) is 17.5 Å². The lowest BCUT2D eigenvalue weighted by Gasteiger charge is -2.14. The van der Waals surface area contributed by atoms with Crippen molar-refractivity contribution in [1.29, 1.82) is 0 Å². The van der Waals surface area contributed by atoms with E-state index < -0.39 is 35.8 Å². The van der Waals surface area contributed by atoms with Crippen molar-refractivity contribution in [3.8, 4) is 0 Å². The third-order valence-corrected chi connectivity index (χ3v) is 2.77. The normalized spacial score (nSPS) is 11.6. The zero-order valence-electron chi connectivity index (χ0n) is 13.6. The molecule has 0 aliphatic rings. The standard InChI is InChI=1S/C12H12F6N2O.C3H9N/c13-11(14,15)8-3-7(5-10(21)20-2-1-19)4-9(6-8)12(16,17)18;1-2-3-4/h3-4,6H,1-2,5,19H2,(H,20,21);2-4H2,1H3. The zero-order valence-corrected chi connectivity index (χ0v) is 13.6. The largest absolute Gasteiger partial charge is 0.416 e. The molecule has 0 bridgehead atoms. The van der Waals surface area contributed by atoms with Crippen LogP contribution >= 0.6 is 0 Å². The van der Waals surface area contributed by atoms with E-state index in [2.05, 4.69) is 12.2 Å². The first-order valence-electron chi connectivity index (χ1n) is 7.40. The number of nitrogens with one attached hydrogen (secondary N) is 1.